The molecule has 4 N–H and O–H groups in total. The van der Waals surface area contributed by atoms with E-state index in [-0.39, 0.29) is 16.4 Å². The van der Waals surface area contributed by atoms with Crippen molar-refractivity contribution >= 4 is 39.2 Å². The second kappa shape index (κ2) is 8.20. The Balaban J connectivity index is 1.64. The zero-order valence-electron chi connectivity index (χ0n) is 14.4. The predicted octanol–water partition coefficient (Wildman–Crippen LogP) is 4.00. The van der Waals surface area contributed by atoms with Crippen LogP contribution in [0.4, 0.5) is 11.4 Å². The van der Waals surface area contributed by atoms with E-state index < -0.39 is 10.0 Å². The molecule has 0 radical (unpaired) electrons. The van der Waals surface area contributed by atoms with Gasteiger partial charge in [0, 0.05) is 22.3 Å². The summed E-state index contributed by atoms with van der Waals surface area (Å²) in [6.45, 7) is 0. The van der Waals surface area contributed by atoms with Gasteiger partial charge in [-0.2, -0.15) is 5.10 Å². The summed E-state index contributed by atoms with van der Waals surface area (Å²) in [6.07, 6.45) is 1.39. The zero-order valence-corrected chi connectivity index (χ0v) is 15.9. The highest BCUT2D eigenvalue weighted by molar-refractivity contribution is 7.92. The molecular weight excluding hydrogens is 402 g/mol. The summed E-state index contributed by atoms with van der Waals surface area (Å²) >= 11 is 5.78. The van der Waals surface area contributed by atoms with E-state index in [1.807, 2.05) is 0 Å². The van der Waals surface area contributed by atoms with Gasteiger partial charge in [-0.05, 0) is 60.7 Å². The molecule has 0 unspecified atom stereocenters. The van der Waals surface area contributed by atoms with Gasteiger partial charge < -0.3 is 10.2 Å². The number of aromatic hydroxyl groups is 2. The summed E-state index contributed by atoms with van der Waals surface area (Å²) in [5.74, 6) is -0.142. The normalized spacial score (nSPS) is 11.5. The third kappa shape index (κ3) is 4.93. The maximum Gasteiger partial charge on any atom is 0.261 e. The SMILES string of the molecule is O=S(=O)(Nc1ccc(N/N=C/c2ccc(O)cc2O)cc1)c1ccc(Cl)cc1. The van der Waals surface area contributed by atoms with Crippen LogP contribution >= 0.6 is 11.6 Å². The molecular formula is C19H16ClN3O4S. The Morgan fingerprint density at radius 2 is 1.54 bits per heavy atom. The third-order valence-corrected chi connectivity index (χ3v) is 5.32. The first kappa shape index (κ1) is 19.5. The van der Waals surface area contributed by atoms with Crippen molar-refractivity contribution < 1.29 is 18.6 Å². The standard InChI is InChI=1S/C19H16ClN3O4S/c20-14-2-9-18(10-3-14)28(26,27)23-16-6-4-15(5-7-16)22-21-12-13-1-8-17(24)11-19(13)25/h1-12,22-25H/b21-12+. The lowest BCUT2D eigenvalue weighted by molar-refractivity contribution is 0.450. The number of hydrazone groups is 1. The van der Waals surface area contributed by atoms with Crippen LogP contribution < -0.4 is 10.1 Å². The maximum atomic E-state index is 12.3. The van der Waals surface area contributed by atoms with Gasteiger partial charge in [0.2, 0.25) is 0 Å². The summed E-state index contributed by atoms with van der Waals surface area (Å²) in [7, 11) is -3.71. The number of nitrogens with zero attached hydrogens (tertiary/aromatic N) is 1. The van der Waals surface area contributed by atoms with Crippen LogP contribution in [0.15, 0.2) is 76.7 Å². The summed E-state index contributed by atoms with van der Waals surface area (Å²) in [6, 6.07) is 16.5. The smallest absolute Gasteiger partial charge is 0.261 e. The first-order valence-corrected chi connectivity index (χ1v) is 9.89. The van der Waals surface area contributed by atoms with Gasteiger partial charge in [-0.25, -0.2) is 8.42 Å². The van der Waals surface area contributed by atoms with E-state index in [2.05, 4.69) is 15.2 Å². The van der Waals surface area contributed by atoms with Crippen molar-refractivity contribution in [2.75, 3.05) is 10.1 Å². The van der Waals surface area contributed by atoms with Crippen LogP contribution in [0, 0.1) is 0 Å². The molecule has 144 valence electrons. The number of rotatable bonds is 6. The highest BCUT2D eigenvalue weighted by Crippen LogP contribution is 2.22. The van der Waals surface area contributed by atoms with Gasteiger partial charge in [-0.1, -0.05) is 11.6 Å². The largest absolute Gasteiger partial charge is 0.508 e. The fraction of sp³-hybridized carbons (Fsp3) is 0. The van der Waals surface area contributed by atoms with Crippen LogP contribution in [-0.4, -0.2) is 24.8 Å². The average Bonchev–Trinajstić information content (AvgIpc) is 2.65. The van der Waals surface area contributed by atoms with E-state index in [1.54, 1.807) is 24.3 Å². The summed E-state index contributed by atoms with van der Waals surface area (Å²) in [5.41, 5.74) is 4.20. The van der Waals surface area contributed by atoms with Gasteiger partial charge >= 0.3 is 0 Å². The molecule has 9 heteroatoms. The maximum absolute atomic E-state index is 12.3. The molecule has 0 aliphatic carbocycles. The number of anilines is 2. The monoisotopic (exact) mass is 417 g/mol. The lowest BCUT2D eigenvalue weighted by Gasteiger charge is -2.09. The van der Waals surface area contributed by atoms with Crippen molar-refractivity contribution in [3.05, 3.63) is 77.3 Å². The number of hydrogen-bond acceptors (Lipinski definition) is 6. The number of phenolic OH excluding ortho intramolecular Hbond substituents is 2. The van der Waals surface area contributed by atoms with Crippen LogP contribution in [0.2, 0.25) is 5.02 Å². The lowest BCUT2D eigenvalue weighted by atomic mass is 10.2. The van der Waals surface area contributed by atoms with E-state index in [9.17, 15) is 18.6 Å². The van der Waals surface area contributed by atoms with Gasteiger partial charge in [0.05, 0.1) is 16.8 Å². The highest BCUT2D eigenvalue weighted by atomic mass is 35.5. The minimum Gasteiger partial charge on any atom is -0.508 e. The van der Waals surface area contributed by atoms with Gasteiger partial charge in [-0.3, -0.25) is 10.1 Å². The molecule has 7 nitrogen and oxygen atoms in total. The first-order chi connectivity index (χ1) is 13.3. The number of sulfonamides is 1. The molecule has 28 heavy (non-hydrogen) atoms. The number of benzene rings is 3. The molecule has 0 heterocycles. The van der Waals surface area contributed by atoms with E-state index in [4.69, 9.17) is 11.6 Å². The Labute approximate surface area is 167 Å². The molecule has 0 atom stereocenters. The van der Waals surface area contributed by atoms with E-state index in [1.165, 1.54) is 48.7 Å². The quantitative estimate of drug-likeness (QED) is 0.358. The second-order valence-corrected chi connectivity index (χ2v) is 7.87. The lowest BCUT2D eigenvalue weighted by Crippen LogP contribution is -2.12. The summed E-state index contributed by atoms with van der Waals surface area (Å²) < 4.78 is 27.2. The Morgan fingerprint density at radius 1 is 0.893 bits per heavy atom. The van der Waals surface area contributed by atoms with Crippen LogP contribution in [0.5, 0.6) is 11.5 Å². The number of hydrogen-bond donors (Lipinski definition) is 4. The van der Waals surface area contributed by atoms with Gasteiger partial charge in [0.1, 0.15) is 11.5 Å². The van der Waals surface area contributed by atoms with Crippen molar-refractivity contribution in [1.29, 1.82) is 0 Å². The fourth-order valence-corrected chi connectivity index (χ4v) is 3.44. The topological polar surface area (TPSA) is 111 Å². The molecule has 3 rings (SSSR count). The molecule has 3 aromatic carbocycles. The van der Waals surface area contributed by atoms with Crippen molar-refractivity contribution in [1.82, 2.24) is 0 Å². The molecule has 0 bridgehead atoms. The molecule has 0 saturated heterocycles. The molecule has 0 aliphatic heterocycles. The Hall–Kier alpha value is -3.23. The van der Waals surface area contributed by atoms with Crippen molar-refractivity contribution in [3.63, 3.8) is 0 Å². The Morgan fingerprint density at radius 3 is 2.18 bits per heavy atom. The van der Waals surface area contributed by atoms with Crippen LogP contribution in [-0.2, 0) is 10.0 Å². The van der Waals surface area contributed by atoms with E-state index >= 15 is 0 Å². The van der Waals surface area contributed by atoms with Crippen LogP contribution in [0.1, 0.15) is 5.56 Å². The van der Waals surface area contributed by atoms with Crippen molar-refractivity contribution in [3.8, 4) is 11.5 Å². The highest BCUT2D eigenvalue weighted by Gasteiger charge is 2.13. The van der Waals surface area contributed by atoms with Gasteiger partial charge in [-0.15, -0.1) is 0 Å². The minimum absolute atomic E-state index is 0.0424. The number of halogens is 1. The van der Waals surface area contributed by atoms with E-state index in [0.29, 0.717) is 22.0 Å². The Bertz CT molecular complexity index is 1100. The molecule has 0 fully saturated rings. The van der Waals surface area contributed by atoms with Crippen LogP contribution in [0.3, 0.4) is 0 Å². The summed E-state index contributed by atoms with van der Waals surface area (Å²) in [5, 5.41) is 23.4. The van der Waals surface area contributed by atoms with Crippen LogP contribution in [0.25, 0.3) is 0 Å². The van der Waals surface area contributed by atoms with Crippen molar-refractivity contribution in [2.45, 2.75) is 4.90 Å². The third-order valence-electron chi connectivity index (χ3n) is 3.67. The average molecular weight is 418 g/mol. The zero-order chi connectivity index (χ0) is 20.1. The summed E-state index contributed by atoms with van der Waals surface area (Å²) in [4.78, 5) is 0.109. The molecule has 0 spiro atoms. The molecule has 0 saturated carbocycles. The molecule has 3 aromatic rings. The molecule has 0 amide bonds. The first-order valence-electron chi connectivity index (χ1n) is 8.03. The molecule has 0 aromatic heterocycles. The second-order valence-electron chi connectivity index (χ2n) is 5.75. The van der Waals surface area contributed by atoms with E-state index in [0.717, 1.165) is 0 Å². The minimum atomic E-state index is -3.71. The molecule has 0 aliphatic rings. The fourth-order valence-electron chi connectivity index (χ4n) is 2.26. The Kier molecular flexibility index (Phi) is 5.72. The predicted molar refractivity (Wildman–Crippen MR) is 110 cm³/mol. The van der Waals surface area contributed by atoms with Gasteiger partial charge in [0.25, 0.3) is 10.0 Å². The van der Waals surface area contributed by atoms with Gasteiger partial charge in [0.15, 0.2) is 0 Å². The number of nitrogens with one attached hydrogen (secondary N) is 2. The number of phenols is 2. The van der Waals surface area contributed by atoms with Crippen molar-refractivity contribution in [2.24, 2.45) is 5.10 Å².